The quantitative estimate of drug-likeness (QED) is 0.549. The van der Waals surface area contributed by atoms with Gasteiger partial charge in [0.25, 0.3) is 5.78 Å². The highest BCUT2D eigenvalue weighted by Gasteiger charge is 2.33. The van der Waals surface area contributed by atoms with Gasteiger partial charge >= 0.3 is 5.71 Å². The van der Waals surface area contributed by atoms with Crippen LogP contribution in [0, 0.1) is 0 Å². The zero-order valence-corrected chi connectivity index (χ0v) is 17.0. The number of sulfone groups is 1. The van der Waals surface area contributed by atoms with Crippen molar-refractivity contribution >= 4 is 26.2 Å². The van der Waals surface area contributed by atoms with Crippen molar-refractivity contribution < 1.29 is 22.7 Å². The van der Waals surface area contributed by atoms with E-state index in [1.54, 1.807) is 25.3 Å². The first-order valence-electron chi connectivity index (χ1n) is 8.61. The van der Waals surface area contributed by atoms with Crippen LogP contribution in [0.15, 0.2) is 54.6 Å². The molecule has 6 nitrogen and oxygen atoms in total. The molecule has 0 atom stereocenters. The number of nitrogens with zero attached hydrogens (tertiary/aromatic N) is 2. The van der Waals surface area contributed by atoms with E-state index < -0.39 is 15.6 Å². The highest BCUT2D eigenvalue weighted by atomic mass is 32.2. The van der Waals surface area contributed by atoms with Crippen molar-refractivity contribution in [1.82, 2.24) is 0 Å². The Bertz CT molecular complexity index is 1060. The number of carbonyl (C=O) groups is 1. The van der Waals surface area contributed by atoms with Gasteiger partial charge in [0, 0.05) is 17.4 Å². The number of ether oxygens (including phenoxy) is 1. The molecule has 1 aliphatic rings. The van der Waals surface area contributed by atoms with Crippen LogP contribution in [0.3, 0.4) is 0 Å². The fourth-order valence-corrected chi connectivity index (χ4v) is 3.57. The lowest BCUT2D eigenvalue weighted by Gasteiger charge is -2.12. The molecule has 0 aromatic heterocycles. The van der Waals surface area contributed by atoms with Crippen molar-refractivity contribution in [3.63, 3.8) is 0 Å². The molecule has 1 aliphatic carbocycles. The maximum atomic E-state index is 11.8. The summed E-state index contributed by atoms with van der Waals surface area (Å²) in [5, 5.41) is 0. The highest BCUT2D eigenvalue weighted by molar-refractivity contribution is 8.00. The highest BCUT2D eigenvalue weighted by Crippen LogP contribution is 2.28. The van der Waals surface area contributed by atoms with E-state index in [2.05, 4.69) is 30.8 Å². The Balaban J connectivity index is 0.000000306. The Labute approximate surface area is 172 Å². The van der Waals surface area contributed by atoms with E-state index in [9.17, 15) is 13.2 Å². The number of hydrogen-bond donors (Lipinski definition) is 0. The maximum absolute atomic E-state index is 11.8. The van der Waals surface area contributed by atoms with Crippen molar-refractivity contribution in [2.24, 2.45) is 0 Å². The minimum Gasteiger partial charge on any atom is -0.497 e. The first-order chi connectivity index (χ1) is 13.2. The normalized spacial score (nSPS) is 12.7. The topological polar surface area (TPSA) is 96.8 Å². The van der Waals surface area contributed by atoms with Gasteiger partial charge < -0.3 is 10.3 Å². The lowest BCUT2D eigenvalue weighted by molar-refractivity contribution is -0.00437. The van der Waals surface area contributed by atoms with Crippen LogP contribution in [0.5, 0.6) is 5.75 Å². The van der Waals surface area contributed by atoms with Gasteiger partial charge in [-0.15, -0.1) is 0 Å². The molecule has 2 aromatic rings. The van der Waals surface area contributed by atoms with Gasteiger partial charge in [0.15, 0.2) is 9.84 Å². The molecule has 0 amide bonds. The fourth-order valence-electron chi connectivity index (χ4n) is 2.67. The van der Waals surface area contributed by atoms with E-state index in [1.807, 2.05) is 12.1 Å². The average Bonchev–Trinajstić information content (AvgIpc) is 2.68. The summed E-state index contributed by atoms with van der Waals surface area (Å²) in [4.78, 5) is 14.6. The van der Waals surface area contributed by atoms with Crippen LogP contribution >= 0.6 is 0 Å². The number of fused-ring (bicyclic) bond motifs is 1. The van der Waals surface area contributed by atoms with Crippen molar-refractivity contribution in [3.05, 3.63) is 76.8 Å². The number of benzene rings is 2. The van der Waals surface area contributed by atoms with E-state index >= 15 is 0 Å². The molecule has 0 saturated heterocycles. The van der Waals surface area contributed by atoms with Crippen molar-refractivity contribution in [3.8, 4) is 5.75 Å². The van der Waals surface area contributed by atoms with Crippen LogP contribution in [0.2, 0.25) is 0 Å². The Kier molecular flexibility index (Phi) is 8.25. The average molecular weight is 415 g/mol. The van der Waals surface area contributed by atoms with Crippen LogP contribution < -0.4 is 4.74 Å². The third kappa shape index (κ3) is 5.73. The molecule has 0 unspecified atom stereocenters. The Morgan fingerprint density at radius 1 is 1.00 bits per heavy atom. The minimum absolute atomic E-state index is 0. The molecule has 0 bridgehead atoms. The number of hydrogen-bond acceptors (Lipinski definition) is 4. The molecule has 2 aromatic carbocycles. The molecule has 154 valence electrons. The van der Waals surface area contributed by atoms with Crippen molar-refractivity contribution in [1.29, 1.82) is 0 Å². The molecular formula is C22H26N2O4S. The number of Topliss-reactive ketones (excluding diaryl/α,β-unsaturated/α-hetero) is 1. The second-order valence-electron chi connectivity index (χ2n) is 6.57. The zero-order valence-electron chi connectivity index (χ0n) is 16.2. The third-order valence-electron chi connectivity index (χ3n) is 4.23. The molecule has 3 rings (SSSR count). The number of rotatable bonds is 3. The van der Waals surface area contributed by atoms with Gasteiger partial charge in [-0.3, -0.25) is 4.79 Å². The van der Waals surface area contributed by atoms with E-state index in [1.165, 1.54) is 11.6 Å². The van der Waals surface area contributed by atoms with Gasteiger partial charge in [-0.1, -0.05) is 57.7 Å². The molecule has 0 spiro atoms. The van der Waals surface area contributed by atoms with E-state index in [0.717, 1.165) is 18.1 Å². The molecule has 0 heterocycles. The Morgan fingerprint density at radius 2 is 1.55 bits per heavy atom. The lowest BCUT2D eigenvalue weighted by atomic mass is 9.95. The predicted octanol–water partition coefficient (Wildman–Crippen LogP) is 4.39. The summed E-state index contributed by atoms with van der Waals surface area (Å²) < 4.78 is 28.3. The van der Waals surface area contributed by atoms with Crippen LogP contribution in [0.1, 0.15) is 48.7 Å². The molecule has 7 heteroatoms. The van der Waals surface area contributed by atoms with Gasteiger partial charge in [0.2, 0.25) is 0 Å². The molecule has 0 fully saturated rings. The first kappa shape index (κ1) is 24.0. The van der Waals surface area contributed by atoms with Gasteiger partial charge in [-0.25, -0.2) is 8.42 Å². The summed E-state index contributed by atoms with van der Waals surface area (Å²) in [5.41, 5.74) is 10.3. The minimum atomic E-state index is -3.49. The summed E-state index contributed by atoms with van der Waals surface area (Å²) in [5.74, 6) is 1.03. The van der Waals surface area contributed by atoms with Crippen LogP contribution in [0.25, 0.3) is 10.4 Å². The van der Waals surface area contributed by atoms with Gasteiger partial charge in [0.1, 0.15) is 5.75 Å². The Hall–Kier alpha value is -3.02. The molecule has 0 N–H and O–H groups in total. The first-order valence-corrected chi connectivity index (χ1v) is 10.5. The van der Waals surface area contributed by atoms with Crippen LogP contribution in [-0.4, -0.2) is 38.1 Å². The molecular weight excluding hydrogens is 388 g/mol. The number of carbonyl (C=O) groups excluding carboxylic acids is 1. The number of allylic oxidation sites excluding steroid dienone is 1. The van der Waals surface area contributed by atoms with Gasteiger partial charge in [-0.05, 0) is 23.6 Å². The zero-order chi connectivity index (χ0) is 20.9. The third-order valence-corrected chi connectivity index (χ3v) is 5.36. The summed E-state index contributed by atoms with van der Waals surface area (Å²) >= 11 is 0. The molecule has 0 radical (unpaired) electrons. The summed E-state index contributed by atoms with van der Waals surface area (Å²) in [6.07, 6.45) is 2.13. The van der Waals surface area contributed by atoms with E-state index in [0.29, 0.717) is 11.5 Å². The lowest BCUT2D eigenvalue weighted by Crippen LogP contribution is -2.22. The van der Waals surface area contributed by atoms with Crippen LogP contribution in [0.4, 0.5) is 0 Å². The number of methoxy groups -OCH3 is 1. The monoisotopic (exact) mass is 414 g/mol. The summed E-state index contributed by atoms with van der Waals surface area (Å²) in [6, 6.07) is 14.5. The SMILES string of the molecule is C.COc1ccc(C(C)C)cc1.CS(=O)(=O)C1=CC(=[N+]=[N-])C(=O)c2ccccc21. The standard InChI is InChI=1S/C11H8N2O3S.C10H14O.CH4/c1-17(15,16)10-6-9(13-12)11(14)8-5-3-2-4-7(8)10;1-8(2)9-4-6-10(11-3)7-5-9;/h2-6H,1H3;4-8H,1-3H3;1H4. The van der Waals surface area contributed by atoms with Gasteiger partial charge in [-0.2, -0.15) is 4.79 Å². The van der Waals surface area contributed by atoms with E-state index in [4.69, 9.17) is 10.3 Å². The van der Waals surface area contributed by atoms with E-state index in [-0.39, 0.29) is 23.6 Å². The second-order valence-corrected chi connectivity index (χ2v) is 8.55. The van der Waals surface area contributed by atoms with Crippen molar-refractivity contribution in [2.75, 3.05) is 13.4 Å². The molecule has 0 aliphatic heterocycles. The van der Waals surface area contributed by atoms with Crippen molar-refractivity contribution in [2.45, 2.75) is 27.2 Å². The smallest absolute Gasteiger partial charge is 0.364 e. The summed E-state index contributed by atoms with van der Waals surface area (Å²) in [7, 11) is -1.80. The predicted molar refractivity (Wildman–Crippen MR) is 116 cm³/mol. The number of ketones is 1. The van der Waals surface area contributed by atoms with Crippen LogP contribution in [-0.2, 0) is 9.84 Å². The largest absolute Gasteiger partial charge is 0.497 e. The Morgan fingerprint density at radius 3 is 2.00 bits per heavy atom. The summed E-state index contributed by atoms with van der Waals surface area (Å²) in [6.45, 7) is 4.36. The maximum Gasteiger partial charge on any atom is 0.364 e. The van der Waals surface area contributed by atoms with Gasteiger partial charge in [0.05, 0.1) is 18.1 Å². The molecule has 0 saturated carbocycles. The fraction of sp³-hybridized carbons (Fsp3) is 0.273. The second kappa shape index (κ2) is 9.96. The molecule has 29 heavy (non-hydrogen) atoms.